The van der Waals surface area contributed by atoms with Gasteiger partial charge < -0.3 is 10.6 Å². The summed E-state index contributed by atoms with van der Waals surface area (Å²) in [6.07, 6.45) is 7.12. The standard InChI is InChI=1S/C13H22N4/c1-3-6-13(7-8-13)10-16-11-5-9-15-12(17-11)14-4-2/h5,9H,3-4,6-8,10H2,1-2H3,(H2,14,15,16,17). The molecule has 1 aliphatic carbocycles. The minimum Gasteiger partial charge on any atom is -0.369 e. The molecule has 4 nitrogen and oxygen atoms in total. The molecular weight excluding hydrogens is 212 g/mol. The summed E-state index contributed by atoms with van der Waals surface area (Å²) in [6, 6.07) is 1.93. The van der Waals surface area contributed by atoms with Gasteiger partial charge in [0.25, 0.3) is 0 Å². The van der Waals surface area contributed by atoms with E-state index in [0.29, 0.717) is 11.4 Å². The molecule has 1 fully saturated rings. The van der Waals surface area contributed by atoms with E-state index in [4.69, 9.17) is 0 Å². The molecule has 0 radical (unpaired) electrons. The predicted molar refractivity (Wildman–Crippen MR) is 71.3 cm³/mol. The van der Waals surface area contributed by atoms with Crippen LogP contribution in [0.3, 0.4) is 0 Å². The molecule has 0 unspecified atom stereocenters. The van der Waals surface area contributed by atoms with Crippen molar-refractivity contribution in [3.63, 3.8) is 0 Å². The molecule has 0 amide bonds. The Kier molecular flexibility index (Phi) is 3.82. The Labute approximate surface area is 103 Å². The normalized spacial score (nSPS) is 16.6. The van der Waals surface area contributed by atoms with Crippen LogP contribution in [0.4, 0.5) is 11.8 Å². The number of hydrogen-bond donors (Lipinski definition) is 2. The summed E-state index contributed by atoms with van der Waals surface area (Å²) in [4.78, 5) is 8.58. The van der Waals surface area contributed by atoms with Crippen molar-refractivity contribution < 1.29 is 0 Å². The highest BCUT2D eigenvalue weighted by Gasteiger charge is 2.41. The van der Waals surface area contributed by atoms with Gasteiger partial charge >= 0.3 is 0 Å². The molecule has 1 aliphatic rings. The first kappa shape index (κ1) is 12.1. The minimum absolute atomic E-state index is 0.554. The first-order chi connectivity index (χ1) is 8.28. The van der Waals surface area contributed by atoms with E-state index in [1.54, 1.807) is 6.20 Å². The lowest BCUT2D eigenvalue weighted by atomic mass is 10.0. The first-order valence-corrected chi connectivity index (χ1v) is 6.59. The maximum absolute atomic E-state index is 4.42. The molecule has 0 bridgehead atoms. The highest BCUT2D eigenvalue weighted by Crippen LogP contribution is 2.49. The van der Waals surface area contributed by atoms with Gasteiger partial charge in [0, 0.05) is 19.3 Å². The van der Waals surface area contributed by atoms with Crippen LogP contribution in [-0.2, 0) is 0 Å². The largest absolute Gasteiger partial charge is 0.369 e. The molecule has 2 N–H and O–H groups in total. The molecular formula is C13H22N4. The summed E-state index contributed by atoms with van der Waals surface area (Å²) < 4.78 is 0. The van der Waals surface area contributed by atoms with E-state index >= 15 is 0 Å². The molecule has 4 heteroatoms. The van der Waals surface area contributed by atoms with Crippen LogP contribution in [0.25, 0.3) is 0 Å². The fourth-order valence-corrected chi connectivity index (χ4v) is 2.20. The van der Waals surface area contributed by atoms with Crippen molar-refractivity contribution >= 4 is 11.8 Å². The summed E-state index contributed by atoms with van der Waals surface area (Å²) in [6.45, 7) is 6.20. The molecule has 0 atom stereocenters. The Morgan fingerprint density at radius 2 is 2.12 bits per heavy atom. The fraction of sp³-hybridized carbons (Fsp3) is 0.692. The lowest BCUT2D eigenvalue weighted by Crippen LogP contribution is -2.16. The molecule has 0 saturated heterocycles. The predicted octanol–water partition coefficient (Wildman–Crippen LogP) is 2.90. The lowest BCUT2D eigenvalue weighted by molar-refractivity contribution is 0.485. The smallest absolute Gasteiger partial charge is 0.224 e. The summed E-state index contributed by atoms with van der Waals surface area (Å²) in [7, 11) is 0. The summed E-state index contributed by atoms with van der Waals surface area (Å²) in [5.41, 5.74) is 0.554. The third kappa shape index (κ3) is 3.32. The van der Waals surface area contributed by atoms with Crippen molar-refractivity contribution in [3.8, 4) is 0 Å². The first-order valence-electron chi connectivity index (χ1n) is 6.59. The zero-order valence-electron chi connectivity index (χ0n) is 10.8. The Morgan fingerprint density at radius 1 is 1.29 bits per heavy atom. The average molecular weight is 234 g/mol. The number of nitrogens with one attached hydrogen (secondary N) is 2. The highest BCUT2D eigenvalue weighted by molar-refractivity contribution is 5.39. The highest BCUT2D eigenvalue weighted by atomic mass is 15.1. The summed E-state index contributed by atoms with van der Waals surface area (Å²) in [5.74, 6) is 1.64. The van der Waals surface area contributed by atoms with Gasteiger partial charge in [-0.1, -0.05) is 13.3 Å². The van der Waals surface area contributed by atoms with E-state index < -0.39 is 0 Å². The van der Waals surface area contributed by atoms with Crippen LogP contribution in [0.1, 0.15) is 39.5 Å². The number of aromatic nitrogens is 2. The molecule has 1 aromatic heterocycles. The Balaban J connectivity index is 1.88. The Hall–Kier alpha value is -1.32. The number of hydrogen-bond acceptors (Lipinski definition) is 4. The Morgan fingerprint density at radius 3 is 2.76 bits per heavy atom. The van der Waals surface area contributed by atoms with Crippen molar-refractivity contribution in [3.05, 3.63) is 12.3 Å². The van der Waals surface area contributed by atoms with E-state index in [1.165, 1.54) is 25.7 Å². The van der Waals surface area contributed by atoms with Crippen LogP contribution < -0.4 is 10.6 Å². The molecule has 1 saturated carbocycles. The molecule has 0 aromatic carbocycles. The van der Waals surface area contributed by atoms with Gasteiger partial charge in [-0.25, -0.2) is 4.98 Å². The maximum Gasteiger partial charge on any atom is 0.224 e. The van der Waals surface area contributed by atoms with E-state index in [9.17, 15) is 0 Å². The van der Waals surface area contributed by atoms with Gasteiger partial charge in [0.2, 0.25) is 5.95 Å². The van der Waals surface area contributed by atoms with Gasteiger partial charge in [-0.2, -0.15) is 4.98 Å². The van der Waals surface area contributed by atoms with Crippen molar-refractivity contribution in [2.75, 3.05) is 23.7 Å². The number of rotatable bonds is 7. The van der Waals surface area contributed by atoms with Gasteiger partial charge in [0.15, 0.2) is 0 Å². The topological polar surface area (TPSA) is 49.8 Å². The SMILES string of the molecule is CCCC1(CNc2ccnc(NCC)n2)CC1. The zero-order chi connectivity index (χ0) is 12.1. The molecule has 2 rings (SSSR count). The third-order valence-electron chi connectivity index (χ3n) is 3.37. The molecule has 0 spiro atoms. The molecule has 94 valence electrons. The molecule has 1 heterocycles. The summed E-state index contributed by atoms with van der Waals surface area (Å²) >= 11 is 0. The minimum atomic E-state index is 0.554. The van der Waals surface area contributed by atoms with Gasteiger partial charge in [-0.05, 0) is 37.7 Å². The van der Waals surface area contributed by atoms with Crippen molar-refractivity contribution in [1.29, 1.82) is 0 Å². The quantitative estimate of drug-likeness (QED) is 0.761. The van der Waals surface area contributed by atoms with Gasteiger partial charge in [-0.15, -0.1) is 0 Å². The van der Waals surface area contributed by atoms with Crippen LogP contribution in [0.15, 0.2) is 12.3 Å². The van der Waals surface area contributed by atoms with Crippen LogP contribution >= 0.6 is 0 Å². The number of nitrogens with zero attached hydrogens (tertiary/aromatic N) is 2. The van der Waals surface area contributed by atoms with E-state index in [-0.39, 0.29) is 0 Å². The van der Waals surface area contributed by atoms with Crippen LogP contribution in [0.2, 0.25) is 0 Å². The maximum atomic E-state index is 4.42. The average Bonchev–Trinajstić information content (AvgIpc) is 3.09. The zero-order valence-corrected chi connectivity index (χ0v) is 10.8. The second-order valence-electron chi connectivity index (χ2n) is 4.90. The van der Waals surface area contributed by atoms with E-state index in [1.807, 2.05) is 13.0 Å². The van der Waals surface area contributed by atoms with E-state index in [2.05, 4.69) is 27.5 Å². The van der Waals surface area contributed by atoms with Crippen LogP contribution in [-0.4, -0.2) is 23.1 Å². The molecule has 17 heavy (non-hydrogen) atoms. The van der Waals surface area contributed by atoms with Crippen LogP contribution in [0.5, 0.6) is 0 Å². The van der Waals surface area contributed by atoms with Gasteiger partial charge in [-0.3, -0.25) is 0 Å². The lowest BCUT2D eigenvalue weighted by Gasteiger charge is -2.15. The van der Waals surface area contributed by atoms with E-state index in [0.717, 1.165) is 18.9 Å². The second kappa shape index (κ2) is 5.34. The van der Waals surface area contributed by atoms with Crippen molar-refractivity contribution in [2.24, 2.45) is 5.41 Å². The van der Waals surface area contributed by atoms with Gasteiger partial charge in [0.1, 0.15) is 5.82 Å². The van der Waals surface area contributed by atoms with Crippen molar-refractivity contribution in [1.82, 2.24) is 9.97 Å². The number of anilines is 2. The molecule has 1 aromatic rings. The van der Waals surface area contributed by atoms with Crippen LogP contribution in [0, 0.1) is 5.41 Å². The molecule has 0 aliphatic heterocycles. The van der Waals surface area contributed by atoms with Crippen molar-refractivity contribution in [2.45, 2.75) is 39.5 Å². The monoisotopic (exact) mass is 234 g/mol. The van der Waals surface area contributed by atoms with Gasteiger partial charge in [0.05, 0.1) is 0 Å². The third-order valence-corrected chi connectivity index (χ3v) is 3.37. The Bertz CT molecular complexity index is 360. The second-order valence-corrected chi connectivity index (χ2v) is 4.90. The summed E-state index contributed by atoms with van der Waals surface area (Å²) in [5, 5.41) is 6.56. The fourth-order valence-electron chi connectivity index (χ4n) is 2.20.